The minimum atomic E-state index is -0.455. The molecule has 25 heavy (non-hydrogen) atoms. The van der Waals surface area contributed by atoms with Crippen LogP contribution in [0.15, 0.2) is 53.5 Å². The van der Waals surface area contributed by atoms with E-state index in [1.165, 1.54) is 22.8 Å². The number of pyridine rings is 1. The summed E-state index contributed by atoms with van der Waals surface area (Å²) in [6.07, 6.45) is 1.74. The summed E-state index contributed by atoms with van der Waals surface area (Å²) in [7, 11) is 1.80. The highest BCUT2D eigenvalue weighted by Gasteiger charge is 2.08. The minimum absolute atomic E-state index is 0.0275. The van der Waals surface area contributed by atoms with E-state index in [9.17, 15) is 19.7 Å². The van der Waals surface area contributed by atoms with E-state index in [0.717, 1.165) is 5.69 Å². The minimum Gasteiger partial charge on any atom is -0.464 e. The van der Waals surface area contributed by atoms with Crippen molar-refractivity contribution in [1.82, 2.24) is 4.57 Å². The Morgan fingerprint density at radius 3 is 2.60 bits per heavy atom. The Hall–Kier alpha value is -3.16. The standard InChI is InChI=1S/C17H19N3O5/c1-18(14-5-7-15(8-6-14)20(23)24)12-13-25-17(22)9-11-19-10-3-2-4-16(19)21/h2-8,10H,9,11-13H2,1H3. The molecule has 0 aliphatic carbocycles. The molecule has 0 amide bonds. The topological polar surface area (TPSA) is 94.7 Å². The zero-order valence-corrected chi connectivity index (χ0v) is 13.8. The molecule has 0 aliphatic rings. The fourth-order valence-electron chi connectivity index (χ4n) is 2.18. The van der Waals surface area contributed by atoms with Crippen LogP contribution in [0.5, 0.6) is 0 Å². The van der Waals surface area contributed by atoms with E-state index in [4.69, 9.17) is 4.74 Å². The van der Waals surface area contributed by atoms with Crippen molar-refractivity contribution in [3.05, 3.63) is 69.1 Å². The molecule has 8 heteroatoms. The smallest absolute Gasteiger partial charge is 0.307 e. The van der Waals surface area contributed by atoms with E-state index in [1.54, 1.807) is 37.5 Å². The zero-order chi connectivity index (χ0) is 18.2. The Morgan fingerprint density at radius 2 is 1.96 bits per heavy atom. The molecule has 1 aromatic heterocycles. The average molecular weight is 345 g/mol. The summed E-state index contributed by atoms with van der Waals surface area (Å²) >= 11 is 0. The molecule has 2 aromatic rings. The van der Waals surface area contributed by atoms with Crippen molar-refractivity contribution in [2.24, 2.45) is 0 Å². The molecule has 0 atom stereocenters. The average Bonchev–Trinajstić information content (AvgIpc) is 2.61. The maximum absolute atomic E-state index is 11.7. The largest absolute Gasteiger partial charge is 0.464 e. The number of benzene rings is 1. The maximum Gasteiger partial charge on any atom is 0.307 e. The number of nitro groups is 1. The van der Waals surface area contributed by atoms with Crippen molar-refractivity contribution in [2.75, 3.05) is 25.1 Å². The van der Waals surface area contributed by atoms with Gasteiger partial charge in [-0.2, -0.15) is 0 Å². The Kier molecular flexibility index (Phi) is 6.27. The van der Waals surface area contributed by atoms with Gasteiger partial charge >= 0.3 is 5.97 Å². The van der Waals surface area contributed by atoms with Crippen LogP contribution in [-0.2, 0) is 16.1 Å². The number of hydrogen-bond acceptors (Lipinski definition) is 6. The van der Waals surface area contributed by atoms with E-state index in [-0.39, 0.29) is 36.8 Å². The number of nitrogens with zero attached hydrogens (tertiary/aromatic N) is 3. The third-order valence-corrected chi connectivity index (χ3v) is 3.65. The number of anilines is 1. The number of nitro benzene ring substituents is 1. The summed E-state index contributed by atoms with van der Waals surface area (Å²) < 4.78 is 6.60. The first-order valence-electron chi connectivity index (χ1n) is 7.74. The van der Waals surface area contributed by atoms with Crippen LogP contribution >= 0.6 is 0 Å². The van der Waals surface area contributed by atoms with Gasteiger partial charge in [0.25, 0.3) is 11.2 Å². The summed E-state index contributed by atoms with van der Waals surface area (Å²) in [5.41, 5.74) is 0.658. The van der Waals surface area contributed by atoms with Crippen molar-refractivity contribution in [3.63, 3.8) is 0 Å². The molecular weight excluding hydrogens is 326 g/mol. The number of rotatable bonds is 8. The van der Waals surface area contributed by atoms with Gasteiger partial charge in [-0.3, -0.25) is 19.7 Å². The maximum atomic E-state index is 11.7. The van der Waals surface area contributed by atoms with Crippen LogP contribution < -0.4 is 10.5 Å². The van der Waals surface area contributed by atoms with Gasteiger partial charge in [0, 0.05) is 43.7 Å². The first-order valence-corrected chi connectivity index (χ1v) is 7.74. The number of carbonyl (C=O) groups excluding carboxylic acids is 1. The van der Waals surface area contributed by atoms with Crippen molar-refractivity contribution in [3.8, 4) is 0 Å². The molecule has 0 unspecified atom stereocenters. The van der Waals surface area contributed by atoms with E-state index in [2.05, 4.69) is 0 Å². The highest BCUT2D eigenvalue weighted by atomic mass is 16.6. The molecule has 0 bridgehead atoms. The Labute approximate surface area is 144 Å². The fourth-order valence-corrected chi connectivity index (χ4v) is 2.18. The highest BCUT2D eigenvalue weighted by Crippen LogP contribution is 2.17. The van der Waals surface area contributed by atoms with Gasteiger partial charge in [0.2, 0.25) is 0 Å². The number of carbonyl (C=O) groups is 1. The van der Waals surface area contributed by atoms with Crippen LogP contribution in [0.3, 0.4) is 0 Å². The molecule has 132 valence electrons. The van der Waals surface area contributed by atoms with Crippen molar-refractivity contribution < 1.29 is 14.5 Å². The Balaban J connectivity index is 1.74. The molecule has 2 rings (SSSR count). The molecule has 0 saturated heterocycles. The van der Waals surface area contributed by atoms with E-state index < -0.39 is 4.92 Å². The summed E-state index contributed by atoms with van der Waals surface area (Å²) in [5, 5.41) is 10.6. The first kappa shape index (κ1) is 18.2. The number of likely N-dealkylation sites (N-methyl/N-ethyl adjacent to an activating group) is 1. The normalized spacial score (nSPS) is 10.3. The van der Waals surface area contributed by atoms with Gasteiger partial charge in [0.1, 0.15) is 6.61 Å². The van der Waals surface area contributed by atoms with Gasteiger partial charge in [-0.1, -0.05) is 6.07 Å². The highest BCUT2D eigenvalue weighted by molar-refractivity contribution is 5.69. The molecule has 0 spiro atoms. The van der Waals surface area contributed by atoms with Gasteiger partial charge in [0.15, 0.2) is 0 Å². The molecule has 1 aromatic carbocycles. The quantitative estimate of drug-likeness (QED) is 0.411. The number of ether oxygens (including phenoxy) is 1. The number of non-ortho nitro benzene ring substituents is 1. The van der Waals surface area contributed by atoms with Crippen molar-refractivity contribution in [2.45, 2.75) is 13.0 Å². The van der Waals surface area contributed by atoms with E-state index in [0.29, 0.717) is 6.54 Å². The van der Waals surface area contributed by atoms with Gasteiger partial charge in [-0.05, 0) is 18.2 Å². The third-order valence-electron chi connectivity index (χ3n) is 3.65. The zero-order valence-electron chi connectivity index (χ0n) is 13.8. The molecule has 0 saturated carbocycles. The number of aromatic nitrogens is 1. The van der Waals surface area contributed by atoms with Crippen LogP contribution in [-0.4, -0.2) is 35.7 Å². The summed E-state index contributed by atoms with van der Waals surface area (Å²) in [5.74, 6) is -0.382. The lowest BCUT2D eigenvalue weighted by molar-refractivity contribution is -0.384. The van der Waals surface area contributed by atoms with Crippen LogP contribution in [0.1, 0.15) is 6.42 Å². The lowest BCUT2D eigenvalue weighted by Gasteiger charge is -2.18. The van der Waals surface area contributed by atoms with E-state index in [1.807, 2.05) is 4.90 Å². The second-order valence-electron chi connectivity index (χ2n) is 5.40. The lowest BCUT2D eigenvalue weighted by Crippen LogP contribution is -2.25. The second kappa shape index (κ2) is 8.62. The summed E-state index contributed by atoms with van der Waals surface area (Å²) in [4.78, 5) is 35.3. The monoisotopic (exact) mass is 345 g/mol. The predicted octanol–water partition coefficient (Wildman–Crippen LogP) is 1.83. The first-order chi connectivity index (χ1) is 12.0. The van der Waals surface area contributed by atoms with Gasteiger partial charge < -0.3 is 14.2 Å². The third kappa shape index (κ3) is 5.45. The molecule has 0 radical (unpaired) electrons. The fraction of sp³-hybridized carbons (Fsp3) is 0.294. The van der Waals surface area contributed by atoms with Crippen LogP contribution in [0, 0.1) is 10.1 Å². The van der Waals surface area contributed by atoms with Crippen LogP contribution in [0.2, 0.25) is 0 Å². The molecule has 8 nitrogen and oxygen atoms in total. The van der Waals surface area contributed by atoms with Gasteiger partial charge in [-0.25, -0.2) is 0 Å². The molecule has 0 fully saturated rings. The molecular formula is C17H19N3O5. The Morgan fingerprint density at radius 1 is 1.24 bits per heavy atom. The molecule has 0 N–H and O–H groups in total. The number of esters is 1. The second-order valence-corrected chi connectivity index (χ2v) is 5.40. The van der Waals surface area contributed by atoms with Crippen LogP contribution in [0.25, 0.3) is 0 Å². The van der Waals surface area contributed by atoms with Crippen LogP contribution in [0.4, 0.5) is 11.4 Å². The molecule has 0 aliphatic heterocycles. The number of hydrogen-bond donors (Lipinski definition) is 0. The SMILES string of the molecule is CN(CCOC(=O)CCn1ccccc1=O)c1ccc([N+](=O)[O-])cc1. The van der Waals surface area contributed by atoms with Gasteiger partial charge in [0.05, 0.1) is 17.9 Å². The Bertz CT molecular complexity index is 785. The molecule has 1 heterocycles. The summed E-state index contributed by atoms with van der Waals surface area (Å²) in [6.45, 7) is 0.918. The predicted molar refractivity (Wildman–Crippen MR) is 92.6 cm³/mol. The lowest BCUT2D eigenvalue weighted by atomic mass is 10.2. The van der Waals surface area contributed by atoms with Crippen molar-refractivity contribution in [1.29, 1.82) is 0 Å². The van der Waals surface area contributed by atoms with Gasteiger partial charge in [-0.15, -0.1) is 0 Å². The van der Waals surface area contributed by atoms with Crippen molar-refractivity contribution >= 4 is 17.3 Å². The summed E-state index contributed by atoms with van der Waals surface area (Å²) in [6, 6.07) is 10.9. The number of aryl methyl sites for hydroxylation is 1. The van der Waals surface area contributed by atoms with E-state index >= 15 is 0 Å².